The third-order valence-electron chi connectivity index (χ3n) is 1.55. The molecular weight excluding hydrogens is 182 g/mol. The standard InChI is InChI=1S/C10H11NO3/c1-2-11-9(12)7-4-3-5-8(6-7)10(13)14/h3-6H,2H2,1H3,(H,11,12)(H,13,14)/i1D3,2D2. The molecule has 0 heterocycles. The Morgan fingerprint density at radius 1 is 1.57 bits per heavy atom. The molecule has 0 aliphatic carbocycles. The average Bonchev–Trinajstić information content (AvgIpc) is 2.27. The minimum Gasteiger partial charge on any atom is -0.478 e. The maximum Gasteiger partial charge on any atom is 0.335 e. The molecule has 0 unspecified atom stereocenters. The summed E-state index contributed by atoms with van der Waals surface area (Å²) in [7, 11) is 0. The second-order valence-corrected chi connectivity index (χ2v) is 2.47. The Morgan fingerprint density at radius 2 is 2.29 bits per heavy atom. The number of amides is 1. The number of nitrogens with one attached hydrogen (secondary N) is 1. The molecule has 0 saturated carbocycles. The van der Waals surface area contributed by atoms with Gasteiger partial charge in [0.25, 0.3) is 5.91 Å². The van der Waals surface area contributed by atoms with E-state index < -0.39 is 25.2 Å². The monoisotopic (exact) mass is 198 g/mol. The summed E-state index contributed by atoms with van der Waals surface area (Å²) in [6, 6.07) is 4.87. The number of carbonyl (C=O) groups is 2. The van der Waals surface area contributed by atoms with Gasteiger partial charge in [-0.05, 0) is 25.1 Å². The minimum absolute atomic E-state index is 0.131. The van der Waals surface area contributed by atoms with Gasteiger partial charge < -0.3 is 10.4 Å². The Hall–Kier alpha value is -1.84. The van der Waals surface area contributed by atoms with E-state index >= 15 is 0 Å². The van der Waals surface area contributed by atoms with Crippen molar-refractivity contribution in [3.63, 3.8) is 0 Å². The second-order valence-electron chi connectivity index (χ2n) is 2.47. The highest BCUT2D eigenvalue weighted by atomic mass is 16.4. The lowest BCUT2D eigenvalue weighted by atomic mass is 10.1. The number of carboxylic acids is 1. The van der Waals surface area contributed by atoms with E-state index in [2.05, 4.69) is 0 Å². The number of hydrogen-bond acceptors (Lipinski definition) is 2. The number of carboxylic acid groups (broad SMARTS) is 1. The Labute approximate surface area is 88.6 Å². The Bertz CT molecular complexity index is 512. The highest BCUT2D eigenvalue weighted by Crippen LogP contribution is 2.04. The molecule has 0 saturated heterocycles. The lowest BCUT2D eigenvalue weighted by Gasteiger charge is -2.02. The van der Waals surface area contributed by atoms with Crippen LogP contribution in [0.25, 0.3) is 0 Å². The molecule has 0 bridgehead atoms. The molecule has 0 aliphatic heterocycles. The van der Waals surface area contributed by atoms with E-state index in [1.54, 1.807) is 5.32 Å². The molecule has 74 valence electrons. The zero-order valence-corrected chi connectivity index (χ0v) is 7.07. The molecule has 1 aromatic rings. The van der Waals surface area contributed by atoms with Crippen molar-refractivity contribution in [2.75, 3.05) is 6.50 Å². The quantitative estimate of drug-likeness (QED) is 0.765. The topological polar surface area (TPSA) is 66.4 Å². The lowest BCUT2D eigenvalue weighted by molar-refractivity contribution is 0.0697. The van der Waals surface area contributed by atoms with Gasteiger partial charge in [-0.1, -0.05) is 6.07 Å². The van der Waals surface area contributed by atoms with Crippen molar-refractivity contribution in [1.29, 1.82) is 0 Å². The van der Waals surface area contributed by atoms with Gasteiger partial charge in [-0.3, -0.25) is 4.79 Å². The summed E-state index contributed by atoms with van der Waals surface area (Å²) in [4.78, 5) is 22.4. The van der Waals surface area contributed by atoms with E-state index in [1.807, 2.05) is 0 Å². The number of aromatic carboxylic acids is 1. The largest absolute Gasteiger partial charge is 0.478 e. The molecule has 0 atom stereocenters. The number of rotatable bonds is 3. The van der Waals surface area contributed by atoms with Crippen LogP contribution in [0.5, 0.6) is 0 Å². The van der Waals surface area contributed by atoms with Crippen LogP contribution in [-0.4, -0.2) is 23.5 Å². The molecule has 4 nitrogen and oxygen atoms in total. The fourth-order valence-corrected chi connectivity index (χ4v) is 0.922. The Balaban J connectivity index is 2.96. The summed E-state index contributed by atoms with van der Waals surface area (Å²) >= 11 is 0. The molecule has 4 heteroatoms. The first-order chi connectivity index (χ1) is 8.54. The molecule has 0 aromatic heterocycles. The summed E-state index contributed by atoms with van der Waals surface area (Å²) in [5.41, 5.74) is -0.282. The van der Waals surface area contributed by atoms with Gasteiger partial charge in [0, 0.05) is 18.9 Å². The molecule has 0 aliphatic rings. The summed E-state index contributed by atoms with van der Waals surface area (Å²) in [6.45, 7) is -5.92. The van der Waals surface area contributed by atoms with Crippen LogP contribution in [0.15, 0.2) is 24.3 Å². The van der Waals surface area contributed by atoms with Gasteiger partial charge in [-0.25, -0.2) is 4.79 Å². The normalized spacial score (nSPS) is 16.7. The van der Waals surface area contributed by atoms with E-state index in [0.717, 1.165) is 6.07 Å². The molecule has 14 heavy (non-hydrogen) atoms. The molecule has 1 rings (SSSR count). The van der Waals surface area contributed by atoms with Gasteiger partial charge in [0.2, 0.25) is 0 Å². The van der Waals surface area contributed by atoms with E-state index in [0.29, 0.717) is 0 Å². The third-order valence-corrected chi connectivity index (χ3v) is 1.55. The van der Waals surface area contributed by atoms with Gasteiger partial charge in [-0.15, -0.1) is 0 Å². The fourth-order valence-electron chi connectivity index (χ4n) is 0.922. The summed E-state index contributed by atoms with van der Waals surface area (Å²) in [6.07, 6.45) is 0. The van der Waals surface area contributed by atoms with E-state index in [9.17, 15) is 9.59 Å². The molecule has 0 spiro atoms. The van der Waals surface area contributed by atoms with E-state index in [4.69, 9.17) is 12.0 Å². The van der Waals surface area contributed by atoms with Crippen LogP contribution in [0.3, 0.4) is 0 Å². The van der Waals surface area contributed by atoms with Gasteiger partial charge in [0.1, 0.15) is 0 Å². The van der Waals surface area contributed by atoms with Crippen LogP contribution < -0.4 is 5.32 Å². The van der Waals surface area contributed by atoms with Crippen molar-refractivity contribution in [2.45, 2.75) is 6.85 Å². The SMILES string of the molecule is [2H]C([2H])([2H])C([2H])([2H])NC(=O)c1cccc(C(=O)O)c1. The zero-order chi connectivity index (χ0) is 14.8. The van der Waals surface area contributed by atoms with E-state index in [1.165, 1.54) is 18.2 Å². The molecule has 0 radical (unpaired) electrons. The van der Waals surface area contributed by atoms with Crippen LogP contribution in [0.2, 0.25) is 0 Å². The number of benzene rings is 1. The molecule has 2 N–H and O–H groups in total. The smallest absolute Gasteiger partial charge is 0.335 e. The number of hydrogen-bond donors (Lipinski definition) is 2. The zero-order valence-electron chi connectivity index (χ0n) is 12.1. The first-order valence-corrected chi connectivity index (χ1v) is 3.70. The first kappa shape index (κ1) is 5.14. The van der Waals surface area contributed by atoms with Crippen molar-refractivity contribution in [3.8, 4) is 0 Å². The molecule has 1 amide bonds. The van der Waals surface area contributed by atoms with Gasteiger partial charge in [0.05, 0.1) is 5.56 Å². The van der Waals surface area contributed by atoms with Gasteiger partial charge in [0.15, 0.2) is 0 Å². The predicted molar refractivity (Wildman–Crippen MR) is 51.4 cm³/mol. The van der Waals surface area contributed by atoms with Crippen LogP contribution in [-0.2, 0) is 0 Å². The summed E-state index contributed by atoms with van der Waals surface area (Å²) < 4.78 is 35.4. The highest BCUT2D eigenvalue weighted by Gasteiger charge is 2.07. The third kappa shape index (κ3) is 2.32. The van der Waals surface area contributed by atoms with Crippen LogP contribution in [0, 0.1) is 0 Å². The average molecular weight is 198 g/mol. The van der Waals surface area contributed by atoms with Crippen molar-refractivity contribution in [1.82, 2.24) is 5.32 Å². The molecule has 1 aromatic carbocycles. The summed E-state index contributed by atoms with van der Waals surface area (Å²) in [5, 5.41) is 10.5. The summed E-state index contributed by atoms with van der Waals surface area (Å²) in [5.74, 6) is -2.24. The second kappa shape index (κ2) is 4.41. The maximum absolute atomic E-state index is 11.7. The van der Waals surface area contributed by atoms with Crippen LogP contribution in [0.1, 0.15) is 34.4 Å². The van der Waals surface area contributed by atoms with Crippen LogP contribution >= 0.6 is 0 Å². The van der Waals surface area contributed by atoms with Crippen molar-refractivity contribution >= 4 is 11.9 Å². The highest BCUT2D eigenvalue weighted by molar-refractivity contribution is 5.97. The van der Waals surface area contributed by atoms with E-state index in [-0.39, 0.29) is 11.1 Å². The van der Waals surface area contributed by atoms with Crippen molar-refractivity contribution in [3.05, 3.63) is 35.4 Å². The fraction of sp³-hybridized carbons (Fsp3) is 0.200. The number of carbonyl (C=O) groups excluding carboxylic acids is 1. The Kier molecular flexibility index (Phi) is 1.62. The lowest BCUT2D eigenvalue weighted by Crippen LogP contribution is -2.22. The predicted octanol–water partition coefficient (Wildman–Crippen LogP) is 1.13. The van der Waals surface area contributed by atoms with Crippen LogP contribution in [0.4, 0.5) is 0 Å². The molecular formula is C10H11NO3. The Morgan fingerprint density at radius 3 is 2.93 bits per heavy atom. The van der Waals surface area contributed by atoms with Gasteiger partial charge in [-0.2, -0.15) is 0 Å². The molecule has 0 fully saturated rings. The van der Waals surface area contributed by atoms with Crippen molar-refractivity contribution in [2.24, 2.45) is 0 Å². The minimum atomic E-state index is -3.02. The van der Waals surface area contributed by atoms with Crippen molar-refractivity contribution < 1.29 is 21.5 Å². The maximum atomic E-state index is 11.7. The van der Waals surface area contributed by atoms with Gasteiger partial charge >= 0.3 is 5.97 Å². The first-order valence-electron chi connectivity index (χ1n) is 6.20.